The SMILES string of the molecule is CCNC1CCN(c2cccc(OCC)c2)C1=O. The molecule has 0 saturated carbocycles. The summed E-state index contributed by atoms with van der Waals surface area (Å²) < 4.78 is 5.46. The lowest BCUT2D eigenvalue weighted by Gasteiger charge is -2.18. The third kappa shape index (κ3) is 2.64. The molecule has 0 bridgehead atoms. The number of nitrogens with zero attached hydrogens (tertiary/aromatic N) is 1. The van der Waals surface area contributed by atoms with Crippen LogP contribution in [-0.4, -0.2) is 31.6 Å². The average Bonchev–Trinajstić information content (AvgIpc) is 2.73. The van der Waals surface area contributed by atoms with Crippen molar-refractivity contribution in [2.75, 3.05) is 24.6 Å². The molecule has 0 spiro atoms. The second-order valence-electron chi connectivity index (χ2n) is 4.32. The number of carbonyl (C=O) groups is 1. The second-order valence-corrected chi connectivity index (χ2v) is 4.32. The van der Waals surface area contributed by atoms with Gasteiger partial charge in [0.05, 0.1) is 12.6 Å². The van der Waals surface area contributed by atoms with Crippen molar-refractivity contribution in [2.24, 2.45) is 0 Å². The monoisotopic (exact) mass is 248 g/mol. The molecule has 1 unspecified atom stereocenters. The quantitative estimate of drug-likeness (QED) is 0.864. The van der Waals surface area contributed by atoms with Crippen molar-refractivity contribution < 1.29 is 9.53 Å². The number of amides is 1. The van der Waals surface area contributed by atoms with E-state index < -0.39 is 0 Å². The summed E-state index contributed by atoms with van der Waals surface area (Å²) in [6, 6.07) is 7.68. The lowest BCUT2D eigenvalue weighted by atomic mass is 10.2. The van der Waals surface area contributed by atoms with Crippen LogP contribution in [0.5, 0.6) is 5.75 Å². The molecule has 18 heavy (non-hydrogen) atoms. The largest absolute Gasteiger partial charge is 0.494 e. The van der Waals surface area contributed by atoms with Crippen LogP contribution in [0.2, 0.25) is 0 Å². The van der Waals surface area contributed by atoms with Gasteiger partial charge in [-0.25, -0.2) is 0 Å². The van der Waals surface area contributed by atoms with Crippen molar-refractivity contribution in [3.63, 3.8) is 0 Å². The van der Waals surface area contributed by atoms with Crippen LogP contribution in [0.3, 0.4) is 0 Å². The maximum Gasteiger partial charge on any atom is 0.244 e. The predicted octanol–water partition coefficient (Wildman–Crippen LogP) is 1.80. The number of carbonyl (C=O) groups excluding carboxylic acids is 1. The Balaban J connectivity index is 2.12. The van der Waals surface area contributed by atoms with Gasteiger partial charge < -0.3 is 15.0 Å². The summed E-state index contributed by atoms with van der Waals surface area (Å²) in [4.78, 5) is 14.0. The summed E-state index contributed by atoms with van der Waals surface area (Å²) in [5.74, 6) is 0.972. The van der Waals surface area contributed by atoms with Crippen LogP contribution < -0.4 is 15.0 Å². The lowest BCUT2D eigenvalue weighted by molar-refractivity contribution is -0.118. The number of hydrogen-bond acceptors (Lipinski definition) is 3. The maximum atomic E-state index is 12.2. The molecule has 1 aromatic carbocycles. The fraction of sp³-hybridized carbons (Fsp3) is 0.500. The normalized spacial score (nSPS) is 19.3. The molecule has 4 nitrogen and oxygen atoms in total. The summed E-state index contributed by atoms with van der Waals surface area (Å²) in [7, 11) is 0. The van der Waals surface area contributed by atoms with E-state index in [2.05, 4.69) is 5.32 Å². The molecule has 2 rings (SSSR count). The Hall–Kier alpha value is -1.55. The van der Waals surface area contributed by atoms with Crippen molar-refractivity contribution in [3.8, 4) is 5.75 Å². The Morgan fingerprint density at radius 2 is 2.28 bits per heavy atom. The van der Waals surface area contributed by atoms with Crippen molar-refractivity contribution in [2.45, 2.75) is 26.3 Å². The standard InChI is InChI=1S/C14H20N2O2/c1-3-15-13-8-9-16(14(13)17)11-6-5-7-12(10-11)18-4-2/h5-7,10,13,15H,3-4,8-9H2,1-2H3. The van der Waals surface area contributed by atoms with Crippen molar-refractivity contribution >= 4 is 11.6 Å². The van der Waals surface area contributed by atoms with E-state index in [0.29, 0.717) is 6.61 Å². The molecule has 0 radical (unpaired) electrons. The minimum Gasteiger partial charge on any atom is -0.494 e. The van der Waals surface area contributed by atoms with Gasteiger partial charge in [-0.2, -0.15) is 0 Å². The fourth-order valence-electron chi connectivity index (χ4n) is 2.28. The van der Waals surface area contributed by atoms with Crippen molar-refractivity contribution in [1.82, 2.24) is 5.32 Å². The molecule has 0 aliphatic carbocycles. The molecule has 1 atom stereocenters. The predicted molar refractivity (Wildman–Crippen MR) is 72.0 cm³/mol. The Bertz CT molecular complexity index is 420. The molecule has 1 amide bonds. The van der Waals surface area contributed by atoms with Gasteiger partial charge in [0.15, 0.2) is 0 Å². The first kappa shape index (κ1) is 12.9. The summed E-state index contributed by atoms with van der Waals surface area (Å²) in [6.45, 7) is 6.20. The smallest absolute Gasteiger partial charge is 0.244 e. The molecule has 1 aromatic rings. The van der Waals surface area contributed by atoms with Crippen molar-refractivity contribution in [3.05, 3.63) is 24.3 Å². The maximum absolute atomic E-state index is 12.2. The van der Waals surface area contributed by atoms with Crippen molar-refractivity contribution in [1.29, 1.82) is 0 Å². The third-order valence-electron chi connectivity index (χ3n) is 3.10. The van der Waals surface area contributed by atoms with Gasteiger partial charge in [-0.3, -0.25) is 4.79 Å². The topological polar surface area (TPSA) is 41.6 Å². The van der Waals surface area contributed by atoms with Gasteiger partial charge in [0.2, 0.25) is 5.91 Å². The Labute approximate surface area is 108 Å². The molecule has 1 heterocycles. The first-order valence-electron chi connectivity index (χ1n) is 6.54. The number of anilines is 1. The van der Waals surface area contributed by atoms with E-state index in [9.17, 15) is 4.79 Å². The number of hydrogen-bond donors (Lipinski definition) is 1. The van der Waals surface area contributed by atoms with Crippen LogP contribution in [0, 0.1) is 0 Å². The highest BCUT2D eigenvalue weighted by atomic mass is 16.5. The Kier molecular flexibility index (Phi) is 4.20. The number of ether oxygens (including phenoxy) is 1. The van der Waals surface area contributed by atoms with Gasteiger partial charge in [-0.05, 0) is 32.0 Å². The summed E-state index contributed by atoms with van der Waals surface area (Å²) in [6.07, 6.45) is 0.867. The van der Waals surface area contributed by atoms with E-state index in [1.165, 1.54) is 0 Å². The number of nitrogens with one attached hydrogen (secondary N) is 1. The highest BCUT2D eigenvalue weighted by Crippen LogP contribution is 2.25. The highest BCUT2D eigenvalue weighted by molar-refractivity contribution is 5.99. The second kappa shape index (κ2) is 5.87. The van der Waals surface area contributed by atoms with E-state index in [0.717, 1.165) is 30.9 Å². The van der Waals surface area contributed by atoms with E-state index >= 15 is 0 Å². The third-order valence-corrected chi connectivity index (χ3v) is 3.10. The average molecular weight is 248 g/mol. The molecule has 1 aliphatic heterocycles. The summed E-state index contributed by atoms with van der Waals surface area (Å²) in [5, 5.41) is 3.21. The van der Waals surface area contributed by atoms with E-state index in [1.807, 2.05) is 43.0 Å². The molecule has 98 valence electrons. The molecule has 1 fully saturated rings. The van der Waals surface area contributed by atoms with Crippen LogP contribution >= 0.6 is 0 Å². The zero-order valence-electron chi connectivity index (χ0n) is 11.0. The zero-order chi connectivity index (χ0) is 13.0. The molecule has 4 heteroatoms. The molecule has 1 aliphatic rings. The molecule has 1 saturated heterocycles. The van der Waals surface area contributed by atoms with Gasteiger partial charge in [0, 0.05) is 18.3 Å². The van der Waals surface area contributed by atoms with Gasteiger partial charge in [0.1, 0.15) is 5.75 Å². The first-order valence-corrected chi connectivity index (χ1v) is 6.54. The van der Waals surface area contributed by atoms with E-state index in [4.69, 9.17) is 4.74 Å². The van der Waals surface area contributed by atoms with E-state index in [1.54, 1.807) is 0 Å². The van der Waals surface area contributed by atoms with Gasteiger partial charge in [-0.15, -0.1) is 0 Å². The van der Waals surface area contributed by atoms with Crippen LogP contribution in [0.4, 0.5) is 5.69 Å². The summed E-state index contributed by atoms with van der Waals surface area (Å²) in [5.41, 5.74) is 0.923. The van der Waals surface area contributed by atoms with E-state index in [-0.39, 0.29) is 11.9 Å². The molecule has 0 aromatic heterocycles. The minimum absolute atomic E-state index is 0.0363. The van der Waals surface area contributed by atoms with Gasteiger partial charge in [0.25, 0.3) is 0 Å². The molecular formula is C14H20N2O2. The van der Waals surface area contributed by atoms with Gasteiger partial charge in [-0.1, -0.05) is 13.0 Å². The molecular weight excluding hydrogens is 228 g/mol. The van der Waals surface area contributed by atoms with Crippen LogP contribution in [0.1, 0.15) is 20.3 Å². The Morgan fingerprint density at radius 1 is 1.44 bits per heavy atom. The number of benzene rings is 1. The first-order chi connectivity index (χ1) is 8.76. The highest BCUT2D eigenvalue weighted by Gasteiger charge is 2.31. The zero-order valence-corrected chi connectivity index (χ0v) is 11.0. The fourth-order valence-corrected chi connectivity index (χ4v) is 2.28. The van der Waals surface area contributed by atoms with Crippen LogP contribution in [0.25, 0.3) is 0 Å². The Morgan fingerprint density at radius 3 is 3.00 bits per heavy atom. The van der Waals surface area contributed by atoms with Crippen LogP contribution in [0.15, 0.2) is 24.3 Å². The van der Waals surface area contributed by atoms with Crippen LogP contribution in [-0.2, 0) is 4.79 Å². The minimum atomic E-state index is -0.0363. The summed E-state index contributed by atoms with van der Waals surface area (Å²) >= 11 is 0. The van der Waals surface area contributed by atoms with Gasteiger partial charge >= 0.3 is 0 Å². The number of likely N-dealkylation sites (N-methyl/N-ethyl adjacent to an activating group) is 1. The number of rotatable bonds is 5. The molecule has 1 N–H and O–H groups in total. The lowest BCUT2D eigenvalue weighted by Crippen LogP contribution is -2.38.